The van der Waals surface area contributed by atoms with Crippen molar-refractivity contribution in [3.05, 3.63) is 36.4 Å². The zero-order valence-corrected chi connectivity index (χ0v) is 6.96. The van der Waals surface area contributed by atoms with Gasteiger partial charge in [-0.2, -0.15) is 0 Å². The predicted molar refractivity (Wildman–Crippen MR) is 49.4 cm³/mol. The van der Waals surface area contributed by atoms with E-state index in [0.29, 0.717) is 0 Å². The van der Waals surface area contributed by atoms with Gasteiger partial charge in [0.15, 0.2) is 0 Å². The first kappa shape index (κ1) is 10.1. The lowest BCUT2D eigenvalue weighted by Gasteiger charge is -1.85. The Labute approximate surface area is 68.4 Å². The van der Waals surface area contributed by atoms with E-state index in [2.05, 4.69) is 5.32 Å². The van der Waals surface area contributed by atoms with Crippen molar-refractivity contribution in [1.29, 1.82) is 0 Å². The first-order chi connectivity index (χ1) is 5.41. The fraction of sp³-hybridized carbons (Fsp3) is 0.333. The van der Waals surface area contributed by atoms with E-state index in [4.69, 9.17) is 5.73 Å². The van der Waals surface area contributed by atoms with E-state index in [9.17, 15) is 0 Å². The van der Waals surface area contributed by atoms with Crippen LogP contribution in [0.1, 0.15) is 0 Å². The van der Waals surface area contributed by atoms with Gasteiger partial charge in [-0.25, -0.2) is 0 Å². The molecule has 0 saturated heterocycles. The summed E-state index contributed by atoms with van der Waals surface area (Å²) in [7, 11) is 1.88. The predicted octanol–water partition coefficient (Wildman–Crippen LogP) is 0.851. The molecule has 62 valence electrons. The molecule has 0 radical (unpaired) electrons. The molecule has 11 heavy (non-hydrogen) atoms. The lowest BCUT2D eigenvalue weighted by Crippen LogP contribution is -2.17. The van der Waals surface area contributed by atoms with Crippen molar-refractivity contribution in [2.75, 3.05) is 20.1 Å². The zero-order valence-electron chi connectivity index (χ0n) is 6.96. The Morgan fingerprint density at radius 1 is 1.00 bits per heavy atom. The van der Waals surface area contributed by atoms with Gasteiger partial charge in [0.2, 0.25) is 0 Å². The second-order valence-electron chi connectivity index (χ2n) is 2.05. The number of hydrogen-bond acceptors (Lipinski definition) is 2. The fourth-order valence-electron chi connectivity index (χ4n) is 0.529. The number of benzene rings is 1. The van der Waals surface area contributed by atoms with E-state index in [1.807, 2.05) is 43.4 Å². The average Bonchev–Trinajstić information content (AvgIpc) is 2.10. The Kier molecular flexibility index (Phi) is 8.43. The number of rotatable bonds is 2. The standard InChI is InChI=1S/C6H6.C3H10N2/c1-2-4-6-5-3-1;1-5-3-2-4/h1-6H;5H,2-4H2,1H3. The van der Waals surface area contributed by atoms with Crippen LogP contribution in [0, 0.1) is 0 Å². The van der Waals surface area contributed by atoms with E-state index in [1.54, 1.807) is 0 Å². The highest BCUT2D eigenvalue weighted by atomic mass is 14.8. The molecule has 0 fully saturated rings. The number of nitrogens with one attached hydrogen (secondary N) is 1. The van der Waals surface area contributed by atoms with Crippen LogP contribution in [0.3, 0.4) is 0 Å². The van der Waals surface area contributed by atoms with Crippen LogP contribution < -0.4 is 11.1 Å². The fourth-order valence-corrected chi connectivity index (χ4v) is 0.529. The summed E-state index contributed by atoms with van der Waals surface area (Å²) in [5.41, 5.74) is 5.08. The van der Waals surface area contributed by atoms with Crippen LogP contribution >= 0.6 is 0 Å². The smallest absolute Gasteiger partial charge is 0.00714 e. The van der Waals surface area contributed by atoms with Gasteiger partial charge in [0, 0.05) is 13.1 Å². The molecule has 0 aliphatic rings. The van der Waals surface area contributed by atoms with E-state index >= 15 is 0 Å². The Bertz CT molecular complexity index is 111. The summed E-state index contributed by atoms with van der Waals surface area (Å²) in [6, 6.07) is 12.0. The monoisotopic (exact) mass is 152 g/mol. The van der Waals surface area contributed by atoms with Crippen LogP contribution in [0.25, 0.3) is 0 Å². The molecular formula is C9H16N2. The van der Waals surface area contributed by atoms with Gasteiger partial charge < -0.3 is 11.1 Å². The van der Waals surface area contributed by atoms with Gasteiger partial charge >= 0.3 is 0 Å². The second kappa shape index (κ2) is 9.14. The molecule has 1 rings (SSSR count). The van der Waals surface area contributed by atoms with E-state index in [1.165, 1.54) is 0 Å². The summed E-state index contributed by atoms with van der Waals surface area (Å²) in [6.07, 6.45) is 0. The minimum absolute atomic E-state index is 0.733. The molecular weight excluding hydrogens is 136 g/mol. The molecule has 1 aromatic carbocycles. The SMILES string of the molecule is CNCCN.c1ccccc1. The normalized spacial score (nSPS) is 8.18. The van der Waals surface area contributed by atoms with Crippen LogP contribution in [-0.4, -0.2) is 20.1 Å². The second-order valence-corrected chi connectivity index (χ2v) is 2.05. The quantitative estimate of drug-likeness (QED) is 0.659. The molecule has 0 atom stereocenters. The van der Waals surface area contributed by atoms with Crippen molar-refractivity contribution >= 4 is 0 Å². The van der Waals surface area contributed by atoms with Crippen molar-refractivity contribution in [1.82, 2.24) is 5.32 Å². The number of nitrogens with two attached hydrogens (primary N) is 1. The highest BCUT2D eigenvalue weighted by molar-refractivity contribution is 4.99. The maximum atomic E-state index is 5.08. The molecule has 3 N–H and O–H groups in total. The molecule has 1 aromatic rings. The maximum Gasteiger partial charge on any atom is 0.00714 e. The summed E-state index contributed by atoms with van der Waals surface area (Å²) in [6.45, 7) is 1.65. The highest BCUT2D eigenvalue weighted by Crippen LogP contribution is 1.79. The Hall–Kier alpha value is -0.860. The van der Waals surface area contributed by atoms with Crippen molar-refractivity contribution < 1.29 is 0 Å². The van der Waals surface area contributed by atoms with Gasteiger partial charge in [0.05, 0.1) is 0 Å². The third-order valence-electron chi connectivity index (χ3n) is 1.06. The van der Waals surface area contributed by atoms with E-state index < -0.39 is 0 Å². The minimum Gasteiger partial charge on any atom is -0.329 e. The molecule has 0 amide bonds. The minimum atomic E-state index is 0.733. The van der Waals surface area contributed by atoms with Crippen molar-refractivity contribution in [3.8, 4) is 0 Å². The molecule has 0 aromatic heterocycles. The first-order valence-corrected chi connectivity index (χ1v) is 3.76. The zero-order chi connectivity index (χ0) is 8.36. The highest BCUT2D eigenvalue weighted by Gasteiger charge is 1.64. The first-order valence-electron chi connectivity index (χ1n) is 3.76. The molecule has 0 aliphatic carbocycles. The van der Waals surface area contributed by atoms with E-state index in [0.717, 1.165) is 13.1 Å². The summed E-state index contributed by atoms with van der Waals surface area (Å²) in [5, 5.41) is 2.89. The molecule has 0 unspecified atom stereocenters. The van der Waals surface area contributed by atoms with E-state index in [-0.39, 0.29) is 0 Å². The molecule has 2 heteroatoms. The Morgan fingerprint density at radius 2 is 1.36 bits per heavy atom. The lowest BCUT2D eigenvalue weighted by atomic mass is 10.4. The van der Waals surface area contributed by atoms with Gasteiger partial charge in [-0.1, -0.05) is 36.4 Å². The molecule has 0 bridgehead atoms. The largest absolute Gasteiger partial charge is 0.329 e. The molecule has 0 saturated carbocycles. The summed E-state index contributed by atoms with van der Waals surface area (Å²) < 4.78 is 0. The van der Waals surface area contributed by atoms with Crippen LogP contribution in [0.5, 0.6) is 0 Å². The van der Waals surface area contributed by atoms with Gasteiger partial charge in [-0.15, -0.1) is 0 Å². The summed E-state index contributed by atoms with van der Waals surface area (Å²) in [4.78, 5) is 0. The van der Waals surface area contributed by atoms with Crippen molar-refractivity contribution in [2.24, 2.45) is 5.73 Å². The Balaban J connectivity index is 0.000000187. The van der Waals surface area contributed by atoms with Crippen molar-refractivity contribution in [3.63, 3.8) is 0 Å². The third kappa shape index (κ3) is 9.14. The summed E-state index contributed by atoms with van der Waals surface area (Å²) >= 11 is 0. The number of hydrogen-bond donors (Lipinski definition) is 2. The van der Waals surface area contributed by atoms with Crippen LogP contribution in [0.4, 0.5) is 0 Å². The van der Waals surface area contributed by atoms with Crippen molar-refractivity contribution in [2.45, 2.75) is 0 Å². The third-order valence-corrected chi connectivity index (χ3v) is 1.06. The molecule has 0 aliphatic heterocycles. The van der Waals surface area contributed by atoms with Gasteiger partial charge in [0.25, 0.3) is 0 Å². The topological polar surface area (TPSA) is 38.0 Å². The van der Waals surface area contributed by atoms with Crippen LogP contribution in [0.2, 0.25) is 0 Å². The van der Waals surface area contributed by atoms with Gasteiger partial charge in [-0.3, -0.25) is 0 Å². The molecule has 0 heterocycles. The average molecular weight is 152 g/mol. The van der Waals surface area contributed by atoms with Gasteiger partial charge in [-0.05, 0) is 7.05 Å². The lowest BCUT2D eigenvalue weighted by molar-refractivity contribution is 0.802. The van der Waals surface area contributed by atoms with Crippen LogP contribution in [-0.2, 0) is 0 Å². The Morgan fingerprint density at radius 3 is 1.45 bits per heavy atom. The maximum absolute atomic E-state index is 5.08. The molecule has 0 spiro atoms. The molecule has 2 nitrogen and oxygen atoms in total. The van der Waals surface area contributed by atoms with Gasteiger partial charge in [0.1, 0.15) is 0 Å². The summed E-state index contributed by atoms with van der Waals surface area (Å²) in [5.74, 6) is 0. The number of likely N-dealkylation sites (N-methyl/N-ethyl adjacent to an activating group) is 1. The van der Waals surface area contributed by atoms with Crippen LogP contribution in [0.15, 0.2) is 36.4 Å².